The highest BCUT2D eigenvalue weighted by molar-refractivity contribution is 8.00. The molecular formula is C21H20ClN5O5S. The first kappa shape index (κ1) is 24.2. The molecule has 1 heterocycles. The van der Waals surface area contributed by atoms with E-state index in [1.54, 1.807) is 24.3 Å². The fraction of sp³-hybridized carbons (Fsp3) is 0.238. The molecule has 0 saturated carbocycles. The van der Waals surface area contributed by atoms with Gasteiger partial charge in [-0.1, -0.05) is 23.7 Å². The Morgan fingerprint density at radius 1 is 1.24 bits per heavy atom. The van der Waals surface area contributed by atoms with Gasteiger partial charge in [-0.15, -0.1) is 22.0 Å². The summed E-state index contributed by atoms with van der Waals surface area (Å²) in [6.07, 6.45) is 0. The van der Waals surface area contributed by atoms with Gasteiger partial charge in [0.05, 0.1) is 32.7 Å². The van der Waals surface area contributed by atoms with Crippen molar-refractivity contribution in [1.29, 1.82) is 0 Å². The highest BCUT2D eigenvalue weighted by atomic mass is 35.5. The lowest BCUT2D eigenvalue weighted by Crippen LogP contribution is -2.37. The van der Waals surface area contributed by atoms with Crippen LogP contribution in [0.5, 0.6) is 0 Å². The Bertz CT molecular complexity index is 1200. The number of amides is 2. The molecule has 3 rings (SSSR count). The third-order valence-electron chi connectivity index (χ3n) is 4.61. The van der Waals surface area contributed by atoms with Crippen molar-refractivity contribution in [2.75, 3.05) is 5.75 Å². The van der Waals surface area contributed by atoms with Crippen LogP contribution in [0.4, 0.5) is 5.69 Å². The van der Waals surface area contributed by atoms with E-state index in [2.05, 4.69) is 10.2 Å². The van der Waals surface area contributed by atoms with Crippen molar-refractivity contribution < 1.29 is 18.9 Å². The number of aromatic nitrogens is 2. The Balaban J connectivity index is 1.72. The van der Waals surface area contributed by atoms with Crippen molar-refractivity contribution in [3.8, 4) is 11.5 Å². The summed E-state index contributed by atoms with van der Waals surface area (Å²) < 4.78 is 5.69. The molecule has 0 unspecified atom stereocenters. The first-order valence-corrected chi connectivity index (χ1v) is 11.1. The molecule has 0 aliphatic rings. The average Bonchev–Trinajstić information content (AvgIpc) is 3.24. The molecule has 10 nitrogen and oxygen atoms in total. The highest BCUT2D eigenvalue weighted by Gasteiger charge is 2.23. The second-order valence-electron chi connectivity index (χ2n) is 7.19. The second-order valence-corrected chi connectivity index (χ2v) is 8.61. The molecule has 0 aliphatic heterocycles. The standard InChI is InChI=1S/C21H20ClN5O5S/c1-12(2)26(10-18-24-25-21(32-18)14-5-3-4-6-15(14)22)19(28)11-33-17-8-7-13(20(23)29)9-16(17)27(30)31/h3-9,12H,10-11H2,1-2H3,(H2,23,29). The number of benzene rings is 2. The van der Waals surface area contributed by atoms with Crippen LogP contribution in [0.3, 0.4) is 0 Å². The van der Waals surface area contributed by atoms with E-state index in [1.165, 1.54) is 17.0 Å². The van der Waals surface area contributed by atoms with Gasteiger partial charge in [0.25, 0.3) is 5.69 Å². The lowest BCUT2D eigenvalue weighted by molar-refractivity contribution is -0.387. The number of nitrogens with two attached hydrogens (primary N) is 1. The molecule has 2 amide bonds. The first-order valence-electron chi connectivity index (χ1n) is 9.75. The Morgan fingerprint density at radius 3 is 2.61 bits per heavy atom. The fourth-order valence-corrected chi connectivity index (χ4v) is 4.03. The second kappa shape index (κ2) is 10.5. The number of carbonyl (C=O) groups is 2. The monoisotopic (exact) mass is 489 g/mol. The molecule has 0 spiro atoms. The topological polar surface area (TPSA) is 145 Å². The van der Waals surface area contributed by atoms with Crippen LogP contribution in [-0.2, 0) is 11.3 Å². The van der Waals surface area contributed by atoms with Crippen LogP contribution in [0, 0.1) is 10.1 Å². The number of halogens is 1. The summed E-state index contributed by atoms with van der Waals surface area (Å²) in [5.41, 5.74) is 5.51. The molecule has 0 bridgehead atoms. The van der Waals surface area contributed by atoms with E-state index in [0.717, 1.165) is 17.8 Å². The van der Waals surface area contributed by atoms with Crippen LogP contribution in [-0.4, -0.2) is 43.6 Å². The maximum absolute atomic E-state index is 12.9. The molecule has 1 aromatic heterocycles. The molecule has 0 aliphatic carbocycles. The van der Waals surface area contributed by atoms with Crippen molar-refractivity contribution in [3.63, 3.8) is 0 Å². The normalized spacial score (nSPS) is 10.9. The molecule has 3 aromatic rings. The van der Waals surface area contributed by atoms with Gasteiger partial charge < -0.3 is 15.1 Å². The van der Waals surface area contributed by atoms with E-state index in [1.807, 2.05) is 13.8 Å². The molecule has 0 saturated heterocycles. The molecule has 2 aromatic carbocycles. The van der Waals surface area contributed by atoms with E-state index in [9.17, 15) is 19.7 Å². The van der Waals surface area contributed by atoms with Gasteiger partial charge in [0, 0.05) is 17.7 Å². The third kappa shape index (κ3) is 5.88. The van der Waals surface area contributed by atoms with E-state index < -0.39 is 10.8 Å². The maximum atomic E-state index is 12.9. The zero-order valence-corrected chi connectivity index (χ0v) is 19.3. The first-order chi connectivity index (χ1) is 15.7. The largest absolute Gasteiger partial charge is 0.419 e. The maximum Gasteiger partial charge on any atom is 0.283 e. The third-order valence-corrected chi connectivity index (χ3v) is 5.99. The van der Waals surface area contributed by atoms with Crippen LogP contribution in [0.2, 0.25) is 5.02 Å². The molecular weight excluding hydrogens is 470 g/mol. The highest BCUT2D eigenvalue weighted by Crippen LogP contribution is 2.31. The summed E-state index contributed by atoms with van der Waals surface area (Å²) in [5.74, 6) is -0.645. The number of carbonyl (C=O) groups excluding carboxylic acids is 2. The van der Waals surface area contributed by atoms with Gasteiger partial charge in [0.15, 0.2) is 0 Å². The van der Waals surface area contributed by atoms with Crippen molar-refractivity contribution >= 4 is 40.9 Å². The Morgan fingerprint density at radius 2 is 1.97 bits per heavy atom. The minimum Gasteiger partial charge on any atom is -0.419 e. The van der Waals surface area contributed by atoms with Crippen LogP contribution >= 0.6 is 23.4 Å². The number of hydrogen-bond acceptors (Lipinski definition) is 8. The summed E-state index contributed by atoms with van der Waals surface area (Å²) in [7, 11) is 0. The van der Waals surface area contributed by atoms with Crippen molar-refractivity contribution in [2.45, 2.75) is 31.3 Å². The van der Waals surface area contributed by atoms with Gasteiger partial charge in [0.1, 0.15) is 0 Å². The van der Waals surface area contributed by atoms with Gasteiger partial charge in [-0.05, 0) is 38.1 Å². The van der Waals surface area contributed by atoms with Crippen LogP contribution in [0.15, 0.2) is 51.8 Å². The summed E-state index contributed by atoms with van der Waals surface area (Å²) in [6.45, 7) is 3.73. The van der Waals surface area contributed by atoms with Crippen LogP contribution in [0.25, 0.3) is 11.5 Å². The predicted octanol–water partition coefficient (Wildman–Crippen LogP) is 3.93. The van der Waals surface area contributed by atoms with Crippen molar-refractivity contribution in [1.82, 2.24) is 15.1 Å². The number of nitrogens with zero attached hydrogens (tertiary/aromatic N) is 4. The van der Waals surface area contributed by atoms with E-state index in [4.69, 9.17) is 21.8 Å². The molecule has 12 heteroatoms. The van der Waals surface area contributed by atoms with E-state index in [0.29, 0.717) is 10.6 Å². The zero-order chi connectivity index (χ0) is 24.1. The summed E-state index contributed by atoms with van der Waals surface area (Å²) in [6, 6.07) is 10.7. The zero-order valence-electron chi connectivity index (χ0n) is 17.7. The number of rotatable bonds is 9. The number of thioether (sulfide) groups is 1. The van der Waals surface area contributed by atoms with Gasteiger partial charge in [0.2, 0.25) is 23.6 Å². The minimum atomic E-state index is -0.771. The fourth-order valence-electron chi connectivity index (χ4n) is 2.92. The number of hydrogen-bond donors (Lipinski definition) is 1. The SMILES string of the molecule is CC(C)N(Cc1nnc(-c2ccccc2Cl)o1)C(=O)CSc1ccc(C(N)=O)cc1[N+](=O)[O-]. The molecule has 0 atom stereocenters. The van der Waals surface area contributed by atoms with Crippen LogP contribution < -0.4 is 5.73 Å². The van der Waals surface area contributed by atoms with Crippen molar-refractivity contribution in [3.05, 3.63) is 69.1 Å². The molecule has 172 valence electrons. The lowest BCUT2D eigenvalue weighted by atomic mass is 10.2. The average molecular weight is 490 g/mol. The Labute approximate surface area is 198 Å². The Kier molecular flexibility index (Phi) is 7.67. The van der Waals surface area contributed by atoms with Gasteiger partial charge in [-0.3, -0.25) is 19.7 Å². The van der Waals surface area contributed by atoms with E-state index in [-0.39, 0.29) is 52.2 Å². The van der Waals surface area contributed by atoms with E-state index >= 15 is 0 Å². The lowest BCUT2D eigenvalue weighted by Gasteiger charge is -2.25. The molecule has 33 heavy (non-hydrogen) atoms. The van der Waals surface area contributed by atoms with Crippen LogP contribution in [0.1, 0.15) is 30.1 Å². The Hall–Kier alpha value is -3.44. The summed E-state index contributed by atoms with van der Waals surface area (Å²) >= 11 is 7.16. The minimum absolute atomic E-state index is 0.0203. The number of nitro groups is 1. The number of primary amides is 1. The van der Waals surface area contributed by atoms with Gasteiger partial charge in [-0.25, -0.2) is 0 Å². The smallest absolute Gasteiger partial charge is 0.283 e. The van der Waals surface area contributed by atoms with Crippen molar-refractivity contribution in [2.24, 2.45) is 5.73 Å². The van der Waals surface area contributed by atoms with Gasteiger partial charge >= 0.3 is 0 Å². The summed E-state index contributed by atoms with van der Waals surface area (Å²) in [4.78, 5) is 36.7. The summed E-state index contributed by atoms with van der Waals surface area (Å²) in [5, 5.41) is 19.9. The molecule has 2 N–H and O–H groups in total. The molecule has 0 radical (unpaired) electrons. The molecule has 0 fully saturated rings. The quantitative estimate of drug-likeness (QED) is 0.270. The van der Waals surface area contributed by atoms with Gasteiger partial charge in [-0.2, -0.15) is 0 Å². The predicted molar refractivity (Wildman–Crippen MR) is 123 cm³/mol. The number of nitro benzene ring substituents is 1.